The van der Waals surface area contributed by atoms with Crippen LogP contribution in [0.5, 0.6) is 0 Å². The number of nitrogens with one attached hydrogen (secondary N) is 1. The standard InChI is InChI=1S/C9H12N2OS/c10-6-9(3-4-9)8(12)11-7-2-1-5-13-7/h1-2,5H,3-4,6,10H2,(H,11,12). The van der Waals surface area contributed by atoms with Gasteiger partial charge in [0.2, 0.25) is 5.91 Å². The van der Waals surface area contributed by atoms with Crippen LogP contribution in [0.2, 0.25) is 0 Å². The van der Waals surface area contributed by atoms with Crippen molar-refractivity contribution in [1.82, 2.24) is 0 Å². The Kier molecular flexibility index (Phi) is 2.09. The van der Waals surface area contributed by atoms with Crippen molar-refractivity contribution in [2.75, 3.05) is 11.9 Å². The maximum Gasteiger partial charge on any atom is 0.232 e. The van der Waals surface area contributed by atoms with E-state index in [0.717, 1.165) is 17.8 Å². The molecule has 3 nitrogen and oxygen atoms in total. The molecular formula is C9H12N2OS. The summed E-state index contributed by atoms with van der Waals surface area (Å²) in [7, 11) is 0. The second-order valence-electron chi connectivity index (χ2n) is 3.42. The Balaban J connectivity index is 2.00. The van der Waals surface area contributed by atoms with Crippen molar-refractivity contribution in [2.45, 2.75) is 12.8 Å². The fourth-order valence-corrected chi connectivity index (χ4v) is 1.88. The zero-order chi connectivity index (χ0) is 9.31. The Morgan fingerprint density at radius 3 is 2.92 bits per heavy atom. The molecule has 1 aliphatic carbocycles. The van der Waals surface area contributed by atoms with E-state index in [9.17, 15) is 4.79 Å². The van der Waals surface area contributed by atoms with Gasteiger partial charge in [-0.05, 0) is 30.4 Å². The third kappa shape index (κ3) is 1.59. The molecule has 1 aromatic rings. The van der Waals surface area contributed by atoms with E-state index in [0.29, 0.717) is 6.54 Å². The van der Waals surface area contributed by atoms with E-state index in [2.05, 4.69) is 5.32 Å². The van der Waals surface area contributed by atoms with Gasteiger partial charge in [-0.3, -0.25) is 4.79 Å². The van der Waals surface area contributed by atoms with Crippen LogP contribution in [0.1, 0.15) is 12.8 Å². The summed E-state index contributed by atoms with van der Waals surface area (Å²) in [6, 6.07) is 3.82. The second-order valence-corrected chi connectivity index (χ2v) is 4.36. The number of thiophene rings is 1. The Bertz CT molecular complexity index is 303. The maximum absolute atomic E-state index is 11.6. The fourth-order valence-electron chi connectivity index (χ4n) is 1.27. The lowest BCUT2D eigenvalue weighted by Gasteiger charge is -2.10. The number of nitrogens with two attached hydrogens (primary N) is 1. The van der Waals surface area contributed by atoms with E-state index in [1.54, 1.807) is 0 Å². The highest BCUT2D eigenvalue weighted by atomic mass is 32.1. The zero-order valence-corrected chi connectivity index (χ0v) is 8.06. The highest BCUT2D eigenvalue weighted by Gasteiger charge is 2.48. The third-order valence-corrected chi connectivity index (χ3v) is 3.27. The first-order valence-corrected chi connectivity index (χ1v) is 5.20. The Morgan fingerprint density at radius 1 is 1.69 bits per heavy atom. The molecule has 4 heteroatoms. The van der Waals surface area contributed by atoms with E-state index in [1.807, 2.05) is 17.5 Å². The molecule has 0 spiro atoms. The summed E-state index contributed by atoms with van der Waals surface area (Å²) in [6.45, 7) is 0.463. The fraction of sp³-hybridized carbons (Fsp3) is 0.444. The van der Waals surface area contributed by atoms with Gasteiger partial charge in [-0.1, -0.05) is 0 Å². The average Bonchev–Trinajstić information content (AvgIpc) is 2.79. The van der Waals surface area contributed by atoms with Crippen molar-refractivity contribution in [3.05, 3.63) is 17.5 Å². The van der Waals surface area contributed by atoms with Gasteiger partial charge in [0.1, 0.15) is 0 Å². The number of anilines is 1. The lowest BCUT2D eigenvalue weighted by Crippen LogP contribution is -2.30. The van der Waals surface area contributed by atoms with Gasteiger partial charge in [0.25, 0.3) is 0 Å². The molecule has 70 valence electrons. The van der Waals surface area contributed by atoms with Crippen LogP contribution in [-0.2, 0) is 4.79 Å². The summed E-state index contributed by atoms with van der Waals surface area (Å²) in [5.41, 5.74) is 5.30. The summed E-state index contributed by atoms with van der Waals surface area (Å²) in [5.74, 6) is 0.0810. The summed E-state index contributed by atoms with van der Waals surface area (Å²) >= 11 is 1.53. The smallest absolute Gasteiger partial charge is 0.232 e. The zero-order valence-electron chi connectivity index (χ0n) is 7.25. The van der Waals surface area contributed by atoms with Crippen molar-refractivity contribution in [2.24, 2.45) is 11.1 Å². The van der Waals surface area contributed by atoms with Crippen molar-refractivity contribution in [3.63, 3.8) is 0 Å². The molecule has 1 aliphatic rings. The van der Waals surface area contributed by atoms with Gasteiger partial charge < -0.3 is 11.1 Å². The minimum Gasteiger partial charge on any atom is -0.329 e. The number of hydrogen-bond donors (Lipinski definition) is 2. The van der Waals surface area contributed by atoms with Gasteiger partial charge in [0.05, 0.1) is 10.4 Å². The van der Waals surface area contributed by atoms with E-state index in [4.69, 9.17) is 5.73 Å². The lowest BCUT2D eigenvalue weighted by molar-refractivity contribution is -0.120. The number of carbonyl (C=O) groups excluding carboxylic acids is 1. The number of carbonyl (C=O) groups is 1. The highest BCUT2D eigenvalue weighted by Crippen LogP contribution is 2.45. The predicted molar refractivity (Wildman–Crippen MR) is 53.7 cm³/mol. The topological polar surface area (TPSA) is 55.1 Å². The molecule has 0 aromatic carbocycles. The summed E-state index contributed by atoms with van der Waals surface area (Å²) in [6.07, 6.45) is 1.86. The van der Waals surface area contributed by atoms with Gasteiger partial charge in [-0.25, -0.2) is 0 Å². The van der Waals surface area contributed by atoms with E-state index < -0.39 is 0 Å². The first-order chi connectivity index (χ1) is 6.27. The molecule has 0 atom stereocenters. The second kappa shape index (κ2) is 3.12. The largest absolute Gasteiger partial charge is 0.329 e. The molecule has 2 rings (SSSR count). The van der Waals surface area contributed by atoms with Gasteiger partial charge in [-0.15, -0.1) is 11.3 Å². The molecule has 0 unspecified atom stereocenters. The highest BCUT2D eigenvalue weighted by molar-refractivity contribution is 7.14. The van der Waals surface area contributed by atoms with Crippen molar-refractivity contribution < 1.29 is 4.79 Å². The maximum atomic E-state index is 11.6. The van der Waals surface area contributed by atoms with E-state index in [1.165, 1.54) is 11.3 Å². The Hall–Kier alpha value is -0.870. The van der Waals surface area contributed by atoms with Crippen LogP contribution in [0.25, 0.3) is 0 Å². The Morgan fingerprint density at radius 2 is 2.46 bits per heavy atom. The number of amides is 1. The molecule has 1 heterocycles. The van der Waals surface area contributed by atoms with Crippen molar-refractivity contribution >= 4 is 22.2 Å². The van der Waals surface area contributed by atoms with Gasteiger partial charge in [0.15, 0.2) is 0 Å². The first kappa shape index (κ1) is 8.72. The van der Waals surface area contributed by atoms with Gasteiger partial charge >= 0.3 is 0 Å². The minimum absolute atomic E-state index is 0.0810. The van der Waals surface area contributed by atoms with Crippen LogP contribution in [0.4, 0.5) is 5.00 Å². The van der Waals surface area contributed by atoms with Crippen LogP contribution in [-0.4, -0.2) is 12.5 Å². The van der Waals surface area contributed by atoms with Crippen LogP contribution < -0.4 is 11.1 Å². The van der Waals surface area contributed by atoms with Gasteiger partial charge in [-0.2, -0.15) is 0 Å². The molecule has 1 amide bonds. The SMILES string of the molecule is NCC1(C(=O)Nc2cccs2)CC1. The summed E-state index contributed by atoms with van der Waals surface area (Å²) < 4.78 is 0. The van der Waals surface area contributed by atoms with E-state index in [-0.39, 0.29) is 11.3 Å². The number of rotatable bonds is 3. The molecule has 1 aromatic heterocycles. The van der Waals surface area contributed by atoms with Gasteiger partial charge in [0, 0.05) is 6.54 Å². The van der Waals surface area contributed by atoms with Crippen LogP contribution in [0.3, 0.4) is 0 Å². The van der Waals surface area contributed by atoms with Crippen LogP contribution in [0.15, 0.2) is 17.5 Å². The molecule has 1 fully saturated rings. The molecule has 1 saturated carbocycles. The predicted octanol–water partition coefficient (Wildman–Crippen LogP) is 1.43. The van der Waals surface area contributed by atoms with Crippen molar-refractivity contribution in [1.29, 1.82) is 0 Å². The molecule has 0 radical (unpaired) electrons. The monoisotopic (exact) mass is 196 g/mol. The molecule has 3 N–H and O–H groups in total. The minimum atomic E-state index is -0.246. The molecule has 13 heavy (non-hydrogen) atoms. The molecule has 0 bridgehead atoms. The lowest BCUT2D eigenvalue weighted by atomic mass is 10.1. The van der Waals surface area contributed by atoms with Crippen LogP contribution in [0, 0.1) is 5.41 Å². The quantitative estimate of drug-likeness (QED) is 0.768. The number of hydrogen-bond acceptors (Lipinski definition) is 3. The third-order valence-electron chi connectivity index (χ3n) is 2.48. The first-order valence-electron chi connectivity index (χ1n) is 4.32. The molecular weight excluding hydrogens is 184 g/mol. The molecule has 0 saturated heterocycles. The average molecular weight is 196 g/mol. The summed E-state index contributed by atoms with van der Waals surface area (Å²) in [4.78, 5) is 11.6. The normalized spacial score (nSPS) is 18.2. The van der Waals surface area contributed by atoms with E-state index >= 15 is 0 Å². The van der Waals surface area contributed by atoms with Crippen LogP contribution >= 0.6 is 11.3 Å². The molecule has 0 aliphatic heterocycles. The van der Waals surface area contributed by atoms with Crippen molar-refractivity contribution in [3.8, 4) is 0 Å². The summed E-state index contributed by atoms with van der Waals surface area (Å²) in [5, 5.41) is 5.72. The Labute approximate surface area is 80.9 Å².